The van der Waals surface area contributed by atoms with E-state index in [1.54, 1.807) is 13.8 Å². The lowest BCUT2D eigenvalue weighted by Gasteiger charge is -2.09. The van der Waals surface area contributed by atoms with E-state index in [0.29, 0.717) is 0 Å². The monoisotopic (exact) mass is 266 g/mol. The van der Waals surface area contributed by atoms with E-state index in [1.807, 2.05) is 13.8 Å². The molecule has 0 heterocycles. The van der Waals surface area contributed by atoms with Crippen molar-refractivity contribution < 1.29 is 21.8 Å². The van der Waals surface area contributed by atoms with Gasteiger partial charge >= 0.3 is 0 Å². The number of halogens is 2. The predicted molar refractivity (Wildman–Crippen MR) is 61.6 cm³/mol. The second-order valence-electron chi connectivity index (χ2n) is 3.41. The zero-order chi connectivity index (χ0) is 13.8. The second-order valence-corrected chi connectivity index (χ2v) is 4.80. The first-order valence-corrected chi connectivity index (χ1v) is 6.64. The van der Waals surface area contributed by atoms with E-state index in [-0.39, 0.29) is 11.5 Å². The average molecular weight is 266 g/mol. The maximum Gasteiger partial charge on any atom is 0.297 e. The third-order valence-corrected chi connectivity index (χ3v) is 2.85. The van der Waals surface area contributed by atoms with Crippen LogP contribution in [0.2, 0.25) is 0 Å². The number of hydrogen-bond donors (Lipinski definition) is 1. The molecule has 1 aromatic rings. The summed E-state index contributed by atoms with van der Waals surface area (Å²) in [5.41, 5.74) is 0.0694. The van der Waals surface area contributed by atoms with Gasteiger partial charge in [0.05, 0.1) is 0 Å². The van der Waals surface area contributed by atoms with Crippen molar-refractivity contribution in [2.75, 3.05) is 0 Å². The van der Waals surface area contributed by atoms with Crippen molar-refractivity contribution in [3.05, 3.63) is 29.3 Å². The fourth-order valence-corrected chi connectivity index (χ4v) is 1.75. The van der Waals surface area contributed by atoms with Crippen LogP contribution in [0.4, 0.5) is 8.78 Å². The standard InChI is InChI=1S/C9H10F2O3S.C2H6/c1-5(2)6-3-4-7(15(12,13)14)9(11)8(6)10;1-2/h3-5H,1-2H3,(H,12,13,14);1-2H3. The first-order valence-electron chi connectivity index (χ1n) is 5.20. The van der Waals surface area contributed by atoms with E-state index >= 15 is 0 Å². The van der Waals surface area contributed by atoms with Crippen molar-refractivity contribution >= 4 is 10.1 Å². The molecule has 0 fully saturated rings. The molecular formula is C11H16F2O3S. The summed E-state index contributed by atoms with van der Waals surface area (Å²) in [7, 11) is -4.71. The van der Waals surface area contributed by atoms with Gasteiger partial charge < -0.3 is 0 Å². The Morgan fingerprint density at radius 1 is 1.12 bits per heavy atom. The number of hydrogen-bond acceptors (Lipinski definition) is 2. The molecule has 98 valence electrons. The van der Waals surface area contributed by atoms with Gasteiger partial charge in [-0.25, -0.2) is 8.78 Å². The quantitative estimate of drug-likeness (QED) is 0.835. The SMILES string of the molecule is CC.CC(C)c1ccc(S(=O)(=O)O)c(F)c1F. The van der Waals surface area contributed by atoms with E-state index in [2.05, 4.69) is 0 Å². The van der Waals surface area contributed by atoms with Gasteiger partial charge in [-0.3, -0.25) is 4.55 Å². The highest BCUT2D eigenvalue weighted by atomic mass is 32.2. The molecule has 1 rings (SSSR count). The molecule has 0 atom stereocenters. The summed E-state index contributed by atoms with van der Waals surface area (Å²) in [5.74, 6) is -3.04. The molecule has 0 bridgehead atoms. The van der Waals surface area contributed by atoms with Gasteiger partial charge in [0.2, 0.25) is 0 Å². The minimum Gasteiger partial charge on any atom is -0.282 e. The summed E-state index contributed by atoms with van der Waals surface area (Å²) < 4.78 is 56.4. The van der Waals surface area contributed by atoms with Crippen molar-refractivity contribution in [1.29, 1.82) is 0 Å². The summed E-state index contributed by atoms with van der Waals surface area (Å²) in [6.07, 6.45) is 0. The molecule has 0 radical (unpaired) electrons. The van der Waals surface area contributed by atoms with Gasteiger partial charge in [-0.1, -0.05) is 33.8 Å². The molecule has 0 unspecified atom stereocenters. The van der Waals surface area contributed by atoms with Crippen molar-refractivity contribution in [3.8, 4) is 0 Å². The van der Waals surface area contributed by atoms with Gasteiger partial charge in [0, 0.05) is 0 Å². The number of rotatable bonds is 2. The molecule has 0 aliphatic heterocycles. The zero-order valence-corrected chi connectivity index (χ0v) is 11.0. The lowest BCUT2D eigenvalue weighted by molar-refractivity contribution is 0.448. The smallest absolute Gasteiger partial charge is 0.282 e. The summed E-state index contributed by atoms with van der Waals surface area (Å²) in [6.45, 7) is 7.29. The van der Waals surface area contributed by atoms with Crippen molar-refractivity contribution in [2.45, 2.75) is 38.5 Å². The molecular weight excluding hydrogens is 250 g/mol. The van der Waals surface area contributed by atoms with Gasteiger partial charge in [-0.05, 0) is 17.5 Å². The Hall–Kier alpha value is -1.01. The molecule has 6 heteroatoms. The summed E-state index contributed by atoms with van der Waals surface area (Å²) in [6, 6.07) is 2.00. The molecule has 1 aromatic carbocycles. The highest BCUT2D eigenvalue weighted by Crippen LogP contribution is 2.25. The van der Waals surface area contributed by atoms with Crippen LogP contribution in [-0.4, -0.2) is 13.0 Å². The Bertz CT molecular complexity index is 482. The van der Waals surface area contributed by atoms with Crippen LogP contribution in [0.5, 0.6) is 0 Å². The molecule has 1 N–H and O–H groups in total. The Balaban J connectivity index is 0.00000121. The van der Waals surface area contributed by atoms with Crippen LogP contribution in [0.25, 0.3) is 0 Å². The Kier molecular flexibility index (Phi) is 5.71. The molecule has 0 amide bonds. The molecule has 3 nitrogen and oxygen atoms in total. The minimum atomic E-state index is -4.71. The van der Waals surface area contributed by atoms with Gasteiger partial charge in [-0.2, -0.15) is 8.42 Å². The minimum absolute atomic E-state index is 0.0694. The first-order chi connectivity index (χ1) is 7.75. The van der Waals surface area contributed by atoms with E-state index in [4.69, 9.17) is 4.55 Å². The van der Waals surface area contributed by atoms with E-state index < -0.39 is 26.6 Å². The van der Waals surface area contributed by atoms with Crippen LogP contribution in [-0.2, 0) is 10.1 Å². The van der Waals surface area contributed by atoms with E-state index in [1.165, 1.54) is 0 Å². The largest absolute Gasteiger partial charge is 0.297 e. The lowest BCUT2D eigenvalue weighted by Crippen LogP contribution is -2.06. The van der Waals surface area contributed by atoms with Crippen LogP contribution in [0.15, 0.2) is 17.0 Å². The highest BCUT2D eigenvalue weighted by Gasteiger charge is 2.22. The van der Waals surface area contributed by atoms with Crippen LogP contribution in [0.3, 0.4) is 0 Å². The highest BCUT2D eigenvalue weighted by molar-refractivity contribution is 7.85. The normalized spacial score (nSPS) is 11.1. The topological polar surface area (TPSA) is 54.4 Å². The van der Waals surface area contributed by atoms with Gasteiger partial charge in [0.1, 0.15) is 4.90 Å². The zero-order valence-electron chi connectivity index (χ0n) is 10.2. The van der Waals surface area contributed by atoms with E-state index in [0.717, 1.165) is 12.1 Å². The fraction of sp³-hybridized carbons (Fsp3) is 0.455. The predicted octanol–water partition coefficient (Wildman–Crippen LogP) is 3.36. The molecule has 0 aliphatic carbocycles. The second kappa shape index (κ2) is 6.07. The van der Waals surface area contributed by atoms with Crippen molar-refractivity contribution in [2.24, 2.45) is 0 Å². The summed E-state index contributed by atoms with van der Waals surface area (Å²) in [5, 5.41) is 0. The Morgan fingerprint density at radius 3 is 1.94 bits per heavy atom. The Morgan fingerprint density at radius 2 is 1.59 bits per heavy atom. The van der Waals surface area contributed by atoms with Gasteiger partial charge in [-0.15, -0.1) is 0 Å². The third kappa shape index (κ3) is 3.74. The summed E-state index contributed by atoms with van der Waals surface area (Å²) >= 11 is 0. The maximum atomic E-state index is 13.3. The van der Waals surface area contributed by atoms with Gasteiger partial charge in [0.25, 0.3) is 10.1 Å². The van der Waals surface area contributed by atoms with Crippen LogP contribution < -0.4 is 0 Å². The van der Waals surface area contributed by atoms with Crippen molar-refractivity contribution in [1.82, 2.24) is 0 Å². The van der Waals surface area contributed by atoms with Crippen LogP contribution in [0, 0.1) is 11.6 Å². The molecule has 0 aromatic heterocycles. The fourth-order valence-electron chi connectivity index (χ4n) is 1.19. The number of benzene rings is 1. The molecule has 0 saturated carbocycles. The van der Waals surface area contributed by atoms with Crippen LogP contribution in [0.1, 0.15) is 39.2 Å². The molecule has 0 aliphatic rings. The molecule has 0 spiro atoms. The molecule has 0 saturated heterocycles. The lowest BCUT2D eigenvalue weighted by atomic mass is 10.0. The third-order valence-electron chi connectivity index (χ3n) is 1.98. The van der Waals surface area contributed by atoms with Crippen molar-refractivity contribution in [3.63, 3.8) is 0 Å². The van der Waals surface area contributed by atoms with Gasteiger partial charge in [0.15, 0.2) is 11.6 Å². The maximum absolute atomic E-state index is 13.3. The summed E-state index contributed by atoms with van der Waals surface area (Å²) in [4.78, 5) is -1.04. The average Bonchev–Trinajstić information content (AvgIpc) is 2.22. The molecule has 17 heavy (non-hydrogen) atoms. The van der Waals surface area contributed by atoms with Crippen LogP contribution >= 0.6 is 0 Å². The Labute approximate surface area is 100 Å². The first kappa shape index (κ1) is 16.0. The van der Waals surface area contributed by atoms with E-state index in [9.17, 15) is 17.2 Å².